The van der Waals surface area contributed by atoms with Crippen LogP contribution >= 0.6 is 0 Å². The van der Waals surface area contributed by atoms with E-state index in [4.69, 9.17) is 4.42 Å². The number of carbonyl (C=O) groups is 1. The fraction of sp³-hybridized carbons (Fsp3) is 0.300. The van der Waals surface area contributed by atoms with Gasteiger partial charge in [-0.2, -0.15) is 0 Å². The Morgan fingerprint density at radius 2 is 1.92 bits per heavy atom. The van der Waals surface area contributed by atoms with Gasteiger partial charge >= 0.3 is 5.76 Å². The summed E-state index contributed by atoms with van der Waals surface area (Å²) >= 11 is 0. The number of aromatic amines is 1. The molecule has 2 aromatic carbocycles. The summed E-state index contributed by atoms with van der Waals surface area (Å²) < 4.78 is 5.24. The standard InChI is InChI=1S/C20H19N3O3/c24-19(14-7-5-8-15-18(14)26-20(25)21-15)23-12-13-6-3-4-11-22(13)16-9-1-2-10-17(16)23/h1-2,5,7-10,13H,3-4,6,11-12H2,(H,21,25). The van der Waals surface area contributed by atoms with E-state index >= 15 is 0 Å². The van der Waals surface area contributed by atoms with Gasteiger partial charge < -0.3 is 14.2 Å². The third-order valence-electron chi connectivity index (χ3n) is 5.42. The average molecular weight is 349 g/mol. The summed E-state index contributed by atoms with van der Waals surface area (Å²) in [5.74, 6) is -0.672. The zero-order valence-electron chi connectivity index (χ0n) is 14.3. The molecule has 1 unspecified atom stereocenters. The van der Waals surface area contributed by atoms with E-state index in [0.29, 0.717) is 29.2 Å². The van der Waals surface area contributed by atoms with E-state index in [1.807, 2.05) is 23.1 Å². The molecular weight excluding hydrogens is 330 g/mol. The summed E-state index contributed by atoms with van der Waals surface area (Å²) in [5, 5.41) is 0. The highest BCUT2D eigenvalue weighted by molar-refractivity contribution is 6.13. The lowest BCUT2D eigenvalue weighted by Crippen LogP contribution is -2.53. The van der Waals surface area contributed by atoms with Gasteiger partial charge in [0.1, 0.15) is 0 Å². The van der Waals surface area contributed by atoms with Crippen LogP contribution in [0.3, 0.4) is 0 Å². The number of aromatic nitrogens is 1. The summed E-state index contributed by atoms with van der Waals surface area (Å²) in [4.78, 5) is 31.9. The fourth-order valence-corrected chi connectivity index (χ4v) is 4.23. The van der Waals surface area contributed by atoms with Crippen LogP contribution in [0.5, 0.6) is 0 Å². The number of piperidine rings is 1. The van der Waals surface area contributed by atoms with Crippen molar-refractivity contribution in [1.29, 1.82) is 0 Å². The molecule has 3 heterocycles. The quantitative estimate of drug-likeness (QED) is 0.733. The van der Waals surface area contributed by atoms with E-state index in [-0.39, 0.29) is 5.91 Å². The van der Waals surface area contributed by atoms with Gasteiger partial charge in [-0.1, -0.05) is 18.2 Å². The van der Waals surface area contributed by atoms with E-state index in [2.05, 4.69) is 16.0 Å². The highest BCUT2D eigenvalue weighted by atomic mass is 16.4. The van der Waals surface area contributed by atoms with Crippen molar-refractivity contribution >= 4 is 28.4 Å². The van der Waals surface area contributed by atoms with Crippen molar-refractivity contribution in [1.82, 2.24) is 4.98 Å². The average Bonchev–Trinajstić information content (AvgIpc) is 3.07. The fourth-order valence-electron chi connectivity index (χ4n) is 4.23. The number of nitrogens with zero attached hydrogens (tertiary/aromatic N) is 2. The molecule has 0 aliphatic carbocycles. The maximum Gasteiger partial charge on any atom is 0.417 e. The minimum absolute atomic E-state index is 0.129. The van der Waals surface area contributed by atoms with Crippen LogP contribution in [-0.2, 0) is 0 Å². The van der Waals surface area contributed by atoms with Crippen molar-refractivity contribution in [3.8, 4) is 0 Å². The van der Waals surface area contributed by atoms with Crippen LogP contribution in [0, 0.1) is 0 Å². The largest absolute Gasteiger partial charge is 0.417 e. The van der Waals surface area contributed by atoms with Crippen molar-refractivity contribution in [3.63, 3.8) is 0 Å². The van der Waals surface area contributed by atoms with E-state index in [1.54, 1.807) is 18.2 Å². The first-order valence-corrected chi connectivity index (χ1v) is 9.02. The maximum absolute atomic E-state index is 13.4. The summed E-state index contributed by atoms with van der Waals surface area (Å²) in [7, 11) is 0. The molecule has 0 spiro atoms. The van der Waals surface area contributed by atoms with E-state index < -0.39 is 5.76 Å². The summed E-state index contributed by atoms with van der Waals surface area (Å²) in [6.07, 6.45) is 3.46. The van der Waals surface area contributed by atoms with Crippen molar-refractivity contribution in [3.05, 3.63) is 58.6 Å². The number of rotatable bonds is 1. The smallest absolute Gasteiger partial charge is 0.407 e. The van der Waals surface area contributed by atoms with E-state index in [9.17, 15) is 9.59 Å². The number of hydrogen-bond donors (Lipinski definition) is 1. The molecule has 1 N–H and O–H groups in total. The van der Waals surface area contributed by atoms with Crippen LogP contribution in [-0.4, -0.2) is 30.0 Å². The zero-order valence-corrected chi connectivity index (χ0v) is 14.3. The normalized spacial score (nSPS) is 19.3. The zero-order chi connectivity index (χ0) is 17.7. The van der Waals surface area contributed by atoms with Crippen LogP contribution in [0.15, 0.2) is 51.7 Å². The minimum Gasteiger partial charge on any atom is -0.407 e. The third-order valence-corrected chi connectivity index (χ3v) is 5.42. The van der Waals surface area contributed by atoms with Gasteiger partial charge in [0.25, 0.3) is 5.91 Å². The molecule has 1 aromatic heterocycles. The third kappa shape index (κ3) is 2.25. The van der Waals surface area contributed by atoms with Crippen LogP contribution < -0.4 is 15.6 Å². The molecule has 5 rings (SSSR count). The Kier molecular flexibility index (Phi) is 3.38. The number of amides is 1. The van der Waals surface area contributed by atoms with Crippen molar-refractivity contribution in [2.45, 2.75) is 25.3 Å². The van der Waals surface area contributed by atoms with Crippen molar-refractivity contribution < 1.29 is 9.21 Å². The number of hydrogen-bond acceptors (Lipinski definition) is 4. The molecule has 6 heteroatoms. The van der Waals surface area contributed by atoms with Crippen LogP contribution in [0.4, 0.5) is 11.4 Å². The minimum atomic E-state index is -0.544. The Hall–Kier alpha value is -3.02. The molecule has 0 bridgehead atoms. The molecule has 0 radical (unpaired) electrons. The summed E-state index contributed by atoms with van der Waals surface area (Å²) in [5.41, 5.74) is 3.32. The first-order chi connectivity index (χ1) is 12.7. The Labute approximate surface area is 150 Å². The SMILES string of the molecule is O=C(c1cccc2[nH]c(=O)oc12)N1CC2CCCCN2c2ccccc21. The second kappa shape index (κ2) is 5.76. The number of benzene rings is 2. The van der Waals surface area contributed by atoms with Crippen LogP contribution in [0.2, 0.25) is 0 Å². The lowest BCUT2D eigenvalue weighted by Gasteiger charge is -2.46. The monoisotopic (exact) mass is 349 g/mol. The second-order valence-corrected chi connectivity index (χ2v) is 6.94. The number of para-hydroxylation sites is 3. The van der Waals surface area contributed by atoms with Crippen LogP contribution in [0.25, 0.3) is 11.1 Å². The Morgan fingerprint density at radius 1 is 1.08 bits per heavy atom. The molecule has 2 aliphatic rings. The van der Waals surface area contributed by atoms with Gasteiger partial charge in [-0.3, -0.25) is 9.78 Å². The highest BCUT2D eigenvalue weighted by Crippen LogP contribution is 2.39. The number of oxazole rings is 1. The van der Waals surface area contributed by atoms with E-state index in [0.717, 1.165) is 24.3 Å². The van der Waals surface area contributed by atoms with Crippen molar-refractivity contribution in [2.24, 2.45) is 0 Å². The molecule has 6 nitrogen and oxygen atoms in total. The summed E-state index contributed by atoms with van der Waals surface area (Å²) in [6.45, 7) is 1.69. The first kappa shape index (κ1) is 15.3. The van der Waals surface area contributed by atoms with Gasteiger partial charge in [-0.25, -0.2) is 4.79 Å². The Bertz CT molecular complexity index is 1050. The predicted octanol–water partition coefficient (Wildman–Crippen LogP) is 3.14. The van der Waals surface area contributed by atoms with Gasteiger partial charge in [0, 0.05) is 19.1 Å². The van der Waals surface area contributed by atoms with Gasteiger partial charge in [0.05, 0.1) is 22.5 Å². The Balaban J connectivity index is 1.62. The first-order valence-electron chi connectivity index (χ1n) is 9.02. The molecular formula is C20H19N3O3. The second-order valence-electron chi connectivity index (χ2n) is 6.94. The molecule has 1 saturated heterocycles. The van der Waals surface area contributed by atoms with E-state index in [1.165, 1.54) is 12.8 Å². The lowest BCUT2D eigenvalue weighted by molar-refractivity contribution is 0.0983. The molecule has 1 amide bonds. The summed E-state index contributed by atoms with van der Waals surface area (Å²) in [6, 6.07) is 13.6. The van der Waals surface area contributed by atoms with Gasteiger partial charge in [0.2, 0.25) is 0 Å². The molecule has 1 fully saturated rings. The molecule has 26 heavy (non-hydrogen) atoms. The maximum atomic E-state index is 13.4. The number of H-pyrrole nitrogens is 1. The highest BCUT2D eigenvalue weighted by Gasteiger charge is 2.35. The molecule has 2 aliphatic heterocycles. The molecule has 132 valence electrons. The molecule has 1 atom stereocenters. The van der Waals surface area contributed by atoms with Gasteiger partial charge in [0.15, 0.2) is 5.58 Å². The Morgan fingerprint density at radius 3 is 2.81 bits per heavy atom. The van der Waals surface area contributed by atoms with Gasteiger partial charge in [-0.15, -0.1) is 0 Å². The number of carbonyl (C=O) groups excluding carboxylic acids is 1. The lowest BCUT2D eigenvalue weighted by atomic mass is 9.96. The molecule has 0 saturated carbocycles. The number of anilines is 2. The topological polar surface area (TPSA) is 69.5 Å². The van der Waals surface area contributed by atoms with Gasteiger partial charge in [-0.05, 0) is 43.5 Å². The molecule has 3 aromatic rings. The number of nitrogens with one attached hydrogen (secondary N) is 1. The van der Waals surface area contributed by atoms with Crippen molar-refractivity contribution in [2.75, 3.05) is 22.9 Å². The number of fused-ring (bicyclic) bond motifs is 4. The van der Waals surface area contributed by atoms with Crippen LogP contribution in [0.1, 0.15) is 29.6 Å². The predicted molar refractivity (Wildman–Crippen MR) is 99.9 cm³/mol.